The van der Waals surface area contributed by atoms with Gasteiger partial charge < -0.3 is 15.2 Å². The van der Waals surface area contributed by atoms with E-state index in [2.05, 4.69) is 10.1 Å². The number of rotatable bonds is 4. The molecular formula is C12H15NO4. The van der Waals surface area contributed by atoms with Gasteiger partial charge in [-0.25, -0.2) is 4.79 Å². The molecule has 0 aliphatic rings. The highest BCUT2D eigenvalue weighted by atomic mass is 16.5. The van der Waals surface area contributed by atoms with Crippen molar-refractivity contribution < 1.29 is 19.4 Å². The second kappa shape index (κ2) is 6.00. The SMILES string of the molecule is COC(=O)C(O)CNC(=O)c1ccccc1C. The van der Waals surface area contributed by atoms with Gasteiger partial charge in [-0.05, 0) is 18.6 Å². The standard InChI is InChI=1S/C12H15NO4/c1-8-5-3-4-6-9(8)11(15)13-7-10(14)12(16)17-2/h3-6,10,14H,7H2,1-2H3,(H,13,15). The minimum absolute atomic E-state index is 0.167. The first kappa shape index (κ1) is 13.2. The monoisotopic (exact) mass is 237 g/mol. The maximum absolute atomic E-state index is 11.7. The average Bonchev–Trinajstić information content (AvgIpc) is 2.35. The molecule has 0 aliphatic carbocycles. The van der Waals surface area contributed by atoms with E-state index in [1.165, 1.54) is 7.11 Å². The smallest absolute Gasteiger partial charge is 0.336 e. The number of aliphatic hydroxyl groups excluding tert-OH is 1. The summed E-state index contributed by atoms with van der Waals surface area (Å²) >= 11 is 0. The molecule has 5 nitrogen and oxygen atoms in total. The predicted octanol–water partition coefficient (Wildman–Crippen LogP) is 0.259. The fourth-order valence-corrected chi connectivity index (χ4v) is 1.33. The molecule has 1 rings (SSSR count). The minimum atomic E-state index is -1.34. The molecule has 0 radical (unpaired) electrons. The van der Waals surface area contributed by atoms with Gasteiger partial charge in [0.05, 0.1) is 13.7 Å². The number of carbonyl (C=O) groups excluding carboxylic acids is 2. The lowest BCUT2D eigenvalue weighted by Crippen LogP contribution is -2.37. The van der Waals surface area contributed by atoms with Crippen molar-refractivity contribution in [2.45, 2.75) is 13.0 Å². The third-order valence-corrected chi connectivity index (χ3v) is 2.32. The number of carbonyl (C=O) groups is 2. The summed E-state index contributed by atoms with van der Waals surface area (Å²) in [5.74, 6) is -1.10. The number of nitrogens with one attached hydrogen (secondary N) is 1. The van der Waals surface area contributed by atoms with Gasteiger partial charge in [0.15, 0.2) is 6.10 Å². The number of aryl methyl sites for hydroxylation is 1. The first-order valence-electron chi connectivity index (χ1n) is 5.16. The fraction of sp³-hybridized carbons (Fsp3) is 0.333. The second-order valence-corrected chi connectivity index (χ2v) is 3.56. The summed E-state index contributed by atoms with van der Waals surface area (Å²) in [4.78, 5) is 22.6. The summed E-state index contributed by atoms with van der Waals surface area (Å²) in [6.45, 7) is 1.64. The molecule has 1 aromatic carbocycles. The maximum Gasteiger partial charge on any atom is 0.336 e. The molecule has 17 heavy (non-hydrogen) atoms. The highest BCUT2D eigenvalue weighted by Crippen LogP contribution is 2.06. The molecule has 0 saturated carbocycles. The van der Waals surface area contributed by atoms with Crippen LogP contribution in [0.4, 0.5) is 0 Å². The summed E-state index contributed by atoms with van der Waals surface area (Å²) in [5, 5.41) is 11.8. The van der Waals surface area contributed by atoms with Gasteiger partial charge >= 0.3 is 5.97 Å². The molecule has 2 N–H and O–H groups in total. The van der Waals surface area contributed by atoms with E-state index in [1.807, 2.05) is 19.1 Å². The van der Waals surface area contributed by atoms with Crippen LogP contribution in [0.2, 0.25) is 0 Å². The second-order valence-electron chi connectivity index (χ2n) is 3.56. The van der Waals surface area contributed by atoms with Gasteiger partial charge in [0.25, 0.3) is 5.91 Å². The lowest BCUT2D eigenvalue weighted by Gasteiger charge is -2.10. The molecule has 0 spiro atoms. The van der Waals surface area contributed by atoms with E-state index >= 15 is 0 Å². The van der Waals surface area contributed by atoms with Gasteiger partial charge in [0.2, 0.25) is 0 Å². The Bertz CT molecular complexity index is 417. The van der Waals surface area contributed by atoms with E-state index in [1.54, 1.807) is 12.1 Å². The molecule has 1 atom stereocenters. The molecule has 92 valence electrons. The van der Waals surface area contributed by atoms with Crippen molar-refractivity contribution in [2.24, 2.45) is 0 Å². The molecule has 0 fully saturated rings. The number of hydrogen-bond acceptors (Lipinski definition) is 4. The number of hydrogen-bond donors (Lipinski definition) is 2. The summed E-state index contributed by atoms with van der Waals surface area (Å²) in [5.41, 5.74) is 1.35. The topological polar surface area (TPSA) is 75.6 Å². The van der Waals surface area contributed by atoms with E-state index in [9.17, 15) is 14.7 Å². The highest BCUT2D eigenvalue weighted by Gasteiger charge is 2.17. The Morgan fingerprint density at radius 3 is 2.65 bits per heavy atom. The zero-order valence-corrected chi connectivity index (χ0v) is 9.77. The van der Waals surface area contributed by atoms with Gasteiger partial charge in [0, 0.05) is 5.56 Å². The van der Waals surface area contributed by atoms with Gasteiger partial charge in [-0.1, -0.05) is 18.2 Å². The van der Waals surface area contributed by atoms with Crippen LogP contribution in [0.25, 0.3) is 0 Å². The molecule has 0 aromatic heterocycles. The van der Waals surface area contributed by atoms with Gasteiger partial charge in [-0.2, -0.15) is 0 Å². The van der Waals surface area contributed by atoms with Crippen molar-refractivity contribution in [3.05, 3.63) is 35.4 Å². The van der Waals surface area contributed by atoms with E-state index in [0.29, 0.717) is 5.56 Å². The molecule has 1 amide bonds. The number of methoxy groups -OCH3 is 1. The number of benzene rings is 1. The summed E-state index contributed by atoms with van der Waals surface area (Å²) < 4.78 is 4.33. The number of aliphatic hydroxyl groups is 1. The quantitative estimate of drug-likeness (QED) is 0.736. The Kier molecular flexibility index (Phi) is 4.66. The Morgan fingerprint density at radius 2 is 2.06 bits per heavy atom. The van der Waals surface area contributed by atoms with Crippen molar-refractivity contribution in [3.8, 4) is 0 Å². The van der Waals surface area contributed by atoms with Crippen molar-refractivity contribution in [3.63, 3.8) is 0 Å². The third-order valence-electron chi connectivity index (χ3n) is 2.32. The summed E-state index contributed by atoms with van der Waals surface area (Å²) in [7, 11) is 1.18. The zero-order chi connectivity index (χ0) is 12.8. The molecule has 0 saturated heterocycles. The van der Waals surface area contributed by atoms with E-state index in [4.69, 9.17) is 0 Å². The Morgan fingerprint density at radius 1 is 1.41 bits per heavy atom. The van der Waals surface area contributed by atoms with Crippen LogP contribution in [0.15, 0.2) is 24.3 Å². The van der Waals surface area contributed by atoms with Crippen LogP contribution in [0, 0.1) is 6.92 Å². The molecule has 0 heterocycles. The molecule has 5 heteroatoms. The Labute approximate surface area is 99.4 Å². The maximum atomic E-state index is 11.7. The van der Waals surface area contributed by atoms with Crippen LogP contribution >= 0.6 is 0 Å². The van der Waals surface area contributed by atoms with Crippen LogP contribution < -0.4 is 5.32 Å². The van der Waals surface area contributed by atoms with Gasteiger partial charge in [0.1, 0.15) is 0 Å². The Hall–Kier alpha value is -1.88. The lowest BCUT2D eigenvalue weighted by molar-refractivity contribution is -0.149. The summed E-state index contributed by atoms with van der Waals surface area (Å²) in [6.07, 6.45) is -1.34. The number of amides is 1. The van der Waals surface area contributed by atoms with Crippen molar-refractivity contribution in [1.82, 2.24) is 5.32 Å². The average molecular weight is 237 g/mol. The minimum Gasteiger partial charge on any atom is -0.467 e. The van der Waals surface area contributed by atoms with Gasteiger partial charge in [-0.15, -0.1) is 0 Å². The van der Waals surface area contributed by atoms with Crippen LogP contribution in [0.5, 0.6) is 0 Å². The normalized spacial score (nSPS) is 11.7. The molecule has 1 unspecified atom stereocenters. The van der Waals surface area contributed by atoms with Crippen LogP contribution in [0.3, 0.4) is 0 Å². The van der Waals surface area contributed by atoms with E-state index in [-0.39, 0.29) is 12.5 Å². The first-order valence-corrected chi connectivity index (χ1v) is 5.16. The van der Waals surface area contributed by atoms with Gasteiger partial charge in [-0.3, -0.25) is 4.79 Å². The summed E-state index contributed by atoms with van der Waals surface area (Å²) in [6, 6.07) is 7.06. The lowest BCUT2D eigenvalue weighted by atomic mass is 10.1. The van der Waals surface area contributed by atoms with Crippen molar-refractivity contribution in [1.29, 1.82) is 0 Å². The van der Waals surface area contributed by atoms with E-state index < -0.39 is 12.1 Å². The number of ether oxygens (including phenoxy) is 1. The molecule has 0 bridgehead atoms. The van der Waals surface area contributed by atoms with Crippen LogP contribution in [-0.2, 0) is 9.53 Å². The zero-order valence-electron chi connectivity index (χ0n) is 9.77. The fourth-order valence-electron chi connectivity index (χ4n) is 1.33. The number of esters is 1. The third kappa shape index (κ3) is 3.57. The first-order chi connectivity index (χ1) is 8.06. The molecule has 0 aliphatic heterocycles. The Balaban J connectivity index is 2.57. The van der Waals surface area contributed by atoms with E-state index in [0.717, 1.165) is 5.56 Å². The van der Waals surface area contributed by atoms with Crippen LogP contribution in [-0.4, -0.2) is 36.7 Å². The largest absolute Gasteiger partial charge is 0.467 e. The highest BCUT2D eigenvalue weighted by molar-refractivity contribution is 5.95. The molecule has 1 aromatic rings. The van der Waals surface area contributed by atoms with Crippen molar-refractivity contribution >= 4 is 11.9 Å². The van der Waals surface area contributed by atoms with Crippen molar-refractivity contribution in [2.75, 3.05) is 13.7 Å². The molecular weight excluding hydrogens is 222 g/mol. The van der Waals surface area contributed by atoms with Crippen LogP contribution in [0.1, 0.15) is 15.9 Å². The predicted molar refractivity (Wildman–Crippen MR) is 61.5 cm³/mol.